The third-order valence-corrected chi connectivity index (χ3v) is 4.05. The molecule has 0 unspecified atom stereocenters. The van der Waals surface area contributed by atoms with E-state index in [1.165, 1.54) is 0 Å². The van der Waals surface area contributed by atoms with Gasteiger partial charge in [-0.15, -0.1) is 0 Å². The van der Waals surface area contributed by atoms with Crippen LogP contribution in [-0.4, -0.2) is 14.1 Å². The monoisotopic (exact) mass is 257 g/mol. The fourth-order valence-electron chi connectivity index (χ4n) is 1.68. The molecule has 0 saturated carbocycles. The van der Waals surface area contributed by atoms with Crippen LogP contribution in [0.25, 0.3) is 0 Å². The second-order valence-corrected chi connectivity index (χ2v) is 6.76. The Kier molecular flexibility index (Phi) is 2.40. The van der Waals surface area contributed by atoms with E-state index in [0.717, 1.165) is 0 Å². The van der Waals surface area contributed by atoms with Crippen molar-refractivity contribution < 1.29 is 8.42 Å². The van der Waals surface area contributed by atoms with Gasteiger partial charge in [-0.2, -0.15) is 12.8 Å². The van der Waals surface area contributed by atoms with Gasteiger partial charge in [-0.25, -0.2) is 0 Å². The van der Waals surface area contributed by atoms with Gasteiger partial charge in [0.25, 0.3) is 10.0 Å². The lowest BCUT2D eigenvalue weighted by Crippen LogP contribution is -2.20. The highest BCUT2D eigenvalue weighted by Crippen LogP contribution is 2.37. The molecule has 86 valence electrons. The van der Waals surface area contributed by atoms with Gasteiger partial charge >= 0.3 is 0 Å². The minimum absolute atomic E-state index is 0.213. The van der Waals surface area contributed by atoms with Crippen LogP contribution >= 0.6 is 11.6 Å². The smallest absolute Gasteiger partial charge is 0.199 e. The summed E-state index contributed by atoms with van der Waals surface area (Å²) >= 11 is 6.05. The zero-order chi connectivity index (χ0) is 12.1. The highest BCUT2D eigenvalue weighted by molar-refractivity contribution is 7.90. The molecule has 2 rings (SSSR count). The molecule has 1 aliphatic heterocycles. The Morgan fingerprint density at radius 3 is 2.44 bits per heavy atom. The van der Waals surface area contributed by atoms with Crippen molar-refractivity contribution in [3.63, 3.8) is 0 Å². The van der Waals surface area contributed by atoms with E-state index < -0.39 is 10.0 Å². The average molecular weight is 258 g/mol. The maximum absolute atomic E-state index is 11.8. The molecule has 1 aromatic carbocycles. The first-order valence-electron chi connectivity index (χ1n) is 4.88. The molecular formula is C11H12ClNO2S. The normalized spacial score (nSPS) is 18.1. The highest BCUT2D eigenvalue weighted by Gasteiger charge is 2.36. The van der Waals surface area contributed by atoms with Crippen molar-refractivity contribution in [2.24, 2.45) is 9.81 Å². The van der Waals surface area contributed by atoms with Crippen LogP contribution in [0.1, 0.15) is 26.3 Å². The van der Waals surface area contributed by atoms with Crippen molar-refractivity contribution >= 4 is 27.3 Å². The van der Waals surface area contributed by atoms with E-state index in [9.17, 15) is 8.42 Å². The number of hydrogen-bond donors (Lipinski definition) is 0. The van der Waals surface area contributed by atoms with Crippen LogP contribution < -0.4 is 0 Å². The molecule has 0 atom stereocenters. The molecule has 1 aliphatic rings. The summed E-state index contributed by atoms with van der Waals surface area (Å²) in [6.45, 7) is 5.75. The molecule has 5 heteroatoms. The molecule has 0 aromatic heterocycles. The van der Waals surface area contributed by atoms with Crippen LogP contribution in [0.15, 0.2) is 27.5 Å². The molecule has 0 amide bonds. The van der Waals surface area contributed by atoms with Gasteiger partial charge in [0.05, 0.1) is 15.6 Å². The first kappa shape index (κ1) is 11.6. The van der Waals surface area contributed by atoms with Crippen molar-refractivity contribution in [3.05, 3.63) is 28.8 Å². The van der Waals surface area contributed by atoms with Crippen molar-refractivity contribution in [2.45, 2.75) is 25.7 Å². The lowest BCUT2D eigenvalue weighted by atomic mass is 9.86. The fourth-order valence-corrected chi connectivity index (χ4v) is 3.42. The number of nitrogens with zero attached hydrogens (tertiary/aromatic N) is 1. The van der Waals surface area contributed by atoms with Gasteiger partial charge in [0.1, 0.15) is 0 Å². The van der Waals surface area contributed by atoms with Crippen molar-refractivity contribution in [1.29, 1.82) is 0 Å². The summed E-state index contributed by atoms with van der Waals surface area (Å²) in [4.78, 5) is 0.213. The van der Waals surface area contributed by atoms with Crippen LogP contribution in [0.4, 0.5) is 0 Å². The van der Waals surface area contributed by atoms with Gasteiger partial charge in [0.15, 0.2) is 0 Å². The van der Waals surface area contributed by atoms with Gasteiger partial charge in [0.2, 0.25) is 0 Å². The van der Waals surface area contributed by atoms with E-state index in [0.29, 0.717) is 16.3 Å². The van der Waals surface area contributed by atoms with Crippen LogP contribution in [0.2, 0.25) is 5.02 Å². The molecule has 1 aromatic rings. The molecule has 1 heterocycles. The van der Waals surface area contributed by atoms with E-state index in [2.05, 4.69) is 4.40 Å². The predicted molar refractivity (Wildman–Crippen MR) is 64.6 cm³/mol. The fraction of sp³-hybridized carbons (Fsp3) is 0.364. The van der Waals surface area contributed by atoms with Crippen LogP contribution in [-0.2, 0) is 10.0 Å². The van der Waals surface area contributed by atoms with Crippen LogP contribution in [0, 0.1) is 5.41 Å². The Balaban J connectivity index is 2.82. The number of halogens is 1. The summed E-state index contributed by atoms with van der Waals surface area (Å²) in [5, 5.41) is 0.437. The zero-order valence-corrected chi connectivity index (χ0v) is 10.9. The quantitative estimate of drug-likeness (QED) is 0.717. The molecular weight excluding hydrogens is 246 g/mol. The van der Waals surface area contributed by atoms with Gasteiger partial charge in [-0.3, -0.25) is 0 Å². The third kappa shape index (κ3) is 1.66. The summed E-state index contributed by atoms with van der Waals surface area (Å²) in [6.07, 6.45) is 0. The van der Waals surface area contributed by atoms with Gasteiger partial charge in [-0.1, -0.05) is 38.4 Å². The van der Waals surface area contributed by atoms with Crippen LogP contribution in [0.3, 0.4) is 0 Å². The summed E-state index contributed by atoms with van der Waals surface area (Å²) < 4.78 is 27.5. The van der Waals surface area contributed by atoms with E-state index in [-0.39, 0.29) is 10.3 Å². The SMILES string of the molecule is CC(C)(C)C1=NS(=O)(=O)c2cccc(Cl)c21. The van der Waals surface area contributed by atoms with E-state index >= 15 is 0 Å². The molecule has 0 bridgehead atoms. The Labute approximate surface area is 100 Å². The maximum Gasteiger partial charge on any atom is 0.283 e. The number of benzene rings is 1. The van der Waals surface area contributed by atoms with E-state index in [4.69, 9.17) is 11.6 Å². The van der Waals surface area contributed by atoms with Crippen molar-refractivity contribution in [1.82, 2.24) is 0 Å². The van der Waals surface area contributed by atoms with Crippen molar-refractivity contribution in [3.8, 4) is 0 Å². The second kappa shape index (κ2) is 3.31. The van der Waals surface area contributed by atoms with Gasteiger partial charge in [-0.05, 0) is 12.1 Å². The zero-order valence-electron chi connectivity index (χ0n) is 9.28. The second-order valence-electron chi connectivity index (χ2n) is 4.78. The maximum atomic E-state index is 11.8. The molecule has 0 spiro atoms. The first-order chi connectivity index (χ1) is 7.23. The largest absolute Gasteiger partial charge is 0.283 e. The standard InChI is InChI=1S/C11H12ClNO2S/c1-11(2,3)10-9-7(12)5-4-6-8(9)16(14,15)13-10/h4-6H,1-3H3. The minimum atomic E-state index is -3.56. The summed E-state index contributed by atoms with van der Waals surface area (Å²) in [5.41, 5.74) is 0.744. The number of sulfonamides is 1. The molecule has 0 N–H and O–H groups in total. The minimum Gasteiger partial charge on any atom is -0.199 e. The Morgan fingerprint density at radius 1 is 1.25 bits per heavy atom. The van der Waals surface area contributed by atoms with Gasteiger partial charge in [0, 0.05) is 11.0 Å². The molecule has 3 nitrogen and oxygen atoms in total. The number of hydrogen-bond acceptors (Lipinski definition) is 2. The molecule has 0 fully saturated rings. The molecule has 0 saturated heterocycles. The average Bonchev–Trinajstić information content (AvgIpc) is 2.39. The Hall–Kier alpha value is -0.870. The molecule has 0 radical (unpaired) electrons. The topological polar surface area (TPSA) is 46.5 Å². The summed E-state index contributed by atoms with van der Waals surface area (Å²) in [6, 6.07) is 4.85. The molecule has 16 heavy (non-hydrogen) atoms. The third-order valence-electron chi connectivity index (χ3n) is 2.41. The first-order valence-corrected chi connectivity index (χ1v) is 6.69. The lowest BCUT2D eigenvalue weighted by Gasteiger charge is -2.19. The summed E-state index contributed by atoms with van der Waals surface area (Å²) in [5.74, 6) is 0. The van der Waals surface area contributed by atoms with E-state index in [1.54, 1.807) is 18.2 Å². The van der Waals surface area contributed by atoms with E-state index in [1.807, 2.05) is 20.8 Å². The Morgan fingerprint density at radius 2 is 1.88 bits per heavy atom. The molecule has 0 aliphatic carbocycles. The number of fused-ring (bicyclic) bond motifs is 1. The predicted octanol–water partition coefficient (Wildman–Crippen LogP) is 2.88. The number of rotatable bonds is 0. The van der Waals surface area contributed by atoms with Crippen LogP contribution in [0.5, 0.6) is 0 Å². The summed E-state index contributed by atoms with van der Waals surface area (Å²) in [7, 11) is -3.56. The lowest BCUT2D eigenvalue weighted by molar-refractivity contribution is 0.589. The Bertz CT molecular complexity index is 582. The highest BCUT2D eigenvalue weighted by atomic mass is 35.5. The van der Waals surface area contributed by atoms with Crippen molar-refractivity contribution in [2.75, 3.05) is 0 Å². The van der Waals surface area contributed by atoms with Gasteiger partial charge < -0.3 is 0 Å².